The molecule has 0 radical (unpaired) electrons. The average Bonchev–Trinajstić information content (AvgIpc) is 2.59. The van der Waals surface area contributed by atoms with Crippen molar-refractivity contribution in [3.8, 4) is 0 Å². The molecule has 1 unspecified atom stereocenters. The second-order valence-electron chi connectivity index (χ2n) is 6.32. The summed E-state index contributed by atoms with van der Waals surface area (Å²) in [6.45, 7) is 7.85. The van der Waals surface area contributed by atoms with Gasteiger partial charge in [0.1, 0.15) is 19.3 Å². The van der Waals surface area contributed by atoms with E-state index in [1.807, 2.05) is 26.0 Å². The van der Waals surface area contributed by atoms with Crippen LogP contribution in [0.1, 0.15) is 30.5 Å². The van der Waals surface area contributed by atoms with E-state index < -0.39 is 6.04 Å². The van der Waals surface area contributed by atoms with Crippen LogP contribution in [0.15, 0.2) is 12.1 Å². The summed E-state index contributed by atoms with van der Waals surface area (Å²) in [7, 11) is 1.79. The lowest BCUT2D eigenvalue weighted by Crippen LogP contribution is -2.43. The van der Waals surface area contributed by atoms with Crippen molar-refractivity contribution in [2.45, 2.75) is 40.3 Å². The first kappa shape index (κ1) is 22.6. The molecule has 0 saturated carbocycles. The fourth-order valence-electron chi connectivity index (χ4n) is 2.44. The van der Waals surface area contributed by atoms with Crippen LogP contribution >= 0.6 is 0 Å². The number of aryl methyl sites for hydroxylation is 2. The number of benzene rings is 1. The summed E-state index contributed by atoms with van der Waals surface area (Å²) < 4.78 is 10.2. The summed E-state index contributed by atoms with van der Waals surface area (Å²) in [6, 6.07) is 3.00. The number of ether oxygens (including phenoxy) is 2. The van der Waals surface area contributed by atoms with Crippen molar-refractivity contribution in [2.75, 3.05) is 32.1 Å². The number of hydrogen-bond acceptors (Lipinski definition) is 6. The molecule has 0 spiro atoms. The number of hydrogen-bond donors (Lipinski definition) is 3. The summed E-state index contributed by atoms with van der Waals surface area (Å²) in [4.78, 5) is 35.1. The van der Waals surface area contributed by atoms with Crippen molar-refractivity contribution in [1.29, 1.82) is 0 Å². The van der Waals surface area contributed by atoms with E-state index in [2.05, 4.69) is 16.0 Å². The third-order valence-corrected chi connectivity index (χ3v) is 3.78. The lowest BCUT2D eigenvalue weighted by molar-refractivity contribution is -0.142. The van der Waals surface area contributed by atoms with E-state index in [-0.39, 0.29) is 31.0 Å². The van der Waals surface area contributed by atoms with Gasteiger partial charge in [0, 0.05) is 19.2 Å². The lowest BCUT2D eigenvalue weighted by atomic mass is 10.0. The van der Waals surface area contributed by atoms with Gasteiger partial charge in [-0.15, -0.1) is 0 Å². The minimum Gasteiger partial charge on any atom is -0.461 e. The molecule has 150 valence electrons. The maximum Gasteiger partial charge on any atom is 0.302 e. The molecular formula is C19H29N3O5. The van der Waals surface area contributed by atoms with Gasteiger partial charge in [-0.2, -0.15) is 0 Å². The number of rotatable bonds is 10. The smallest absolute Gasteiger partial charge is 0.302 e. The summed E-state index contributed by atoms with van der Waals surface area (Å²) in [5.41, 5.74) is 3.22. The standard InChI is InChI=1S/C19H29N3O5/c1-12-8-16(10-27-15(4)23)9-13(2)18(12)22-19(25)14(3)21-17(24)11-26-7-6-20-5/h8-9,14,20H,6-7,10-11H2,1-5H3,(H,21,24)(H,22,25). The van der Waals surface area contributed by atoms with E-state index in [1.165, 1.54) is 6.92 Å². The van der Waals surface area contributed by atoms with Gasteiger partial charge >= 0.3 is 5.97 Å². The Morgan fingerprint density at radius 1 is 1.15 bits per heavy atom. The Hall–Kier alpha value is -2.45. The minimum atomic E-state index is -0.704. The third-order valence-electron chi connectivity index (χ3n) is 3.78. The summed E-state index contributed by atoms with van der Waals surface area (Å²) >= 11 is 0. The van der Waals surface area contributed by atoms with Gasteiger partial charge in [-0.25, -0.2) is 0 Å². The number of carbonyl (C=O) groups excluding carboxylic acids is 3. The first-order valence-electron chi connectivity index (χ1n) is 8.80. The molecule has 0 aliphatic heterocycles. The van der Waals surface area contributed by atoms with Crippen LogP contribution in [0.3, 0.4) is 0 Å². The minimum absolute atomic E-state index is 0.0950. The number of likely N-dealkylation sites (N-methyl/N-ethyl adjacent to an activating group) is 1. The molecule has 8 nitrogen and oxygen atoms in total. The highest BCUT2D eigenvalue weighted by Crippen LogP contribution is 2.23. The normalized spacial score (nSPS) is 11.6. The molecule has 1 aromatic rings. The summed E-state index contributed by atoms with van der Waals surface area (Å²) in [5, 5.41) is 8.36. The van der Waals surface area contributed by atoms with Crippen molar-refractivity contribution in [2.24, 2.45) is 0 Å². The Morgan fingerprint density at radius 3 is 2.33 bits per heavy atom. The average molecular weight is 379 g/mol. The molecule has 27 heavy (non-hydrogen) atoms. The molecule has 0 fully saturated rings. The second-order valence-corrected chi connectivity index (χ2v) is 6.32. The molecule has 0 heterocycles. The van der Waals surface area contributed by atoms with Crippen LogP contribution in [0, 0.1) is 13.8 Å². The largest absolute Gasteiger partial charge is 0.461 e. The van der Waals surface area contributed by atoms with Crippen LogP contribution in [-0.4, -0.2) is 50.6 Å². The number of nitrogens with one attached hydrogen (secondary N) is 3. The quantitative estimate of drug-likeness (QED) is 0.414. The van der Waals surface area contributed by atoms with Gasteiger partial charge in [-0.3, -0.25) is 14.4 Å². The van der Waals surface area contributed by atoms with E-state index >= 15 is 0 Å². The van der Waals surface area contributed by atoms with Gasteiger partial charge in [-0.05, 0) is 44.5 Å². The van der Waals surface area contributed by atoms with Gasteiger partial charge in [0.05, 0.1) is 6.61 Å². The van der Waals surface area contributed by atoms with Crippen molar-refractivity contribution in [1.82, 2.24) is 10.6 Å². The fraction of sp³-hybridized carbons (Fsp3) is 0.526. The van der Waals surface area contributed by atoms with E-state index in [1.54, 1.807) is 14.0 Å². The molecule has 1 aromatic carbocycles. The SMILES string of the molecule is CNCCOCC(=O)NC(C)C(=O)Nc1c(C)cc(COC(C)=O)cc1C. The molecule has 2 amide bonds. The fourth-order valence-corrected chi connectivity index (χ4v) is 2.44. The van der Waals surface area contributed by atoms with Crippen LogP contribution < -0.4 is 16.0 Å². The number of amides is 2. The Kier molecular flexibility index (Phi) is 9.46. The zero-order valence-electron chi connectivity index (χ0n) is 16.6. The zero-order chi connectivity index (χ0) is 20.4. The molecule has 0 saturated heterocycles. The van der Waals surface area contributed by atoms with E-state index in [9.17, 15) is 14.4 Å². The second kappa shape index (κ2) is 11.3. The van der Waals surface area contributed by atoms with E-state index in [0.717, 1.165) is 16.7 Å². The molecule has 0 bridgehead atoms. The molecule has 0 aliphatic rings. The van der Waals surface area contributed by atoms with Gasteiger partial charge in [0.2, 0.25) is 11.8 Å². The van der Waals surface area contributed by atoms with Crippen molar-refractivity contribution >= 4 is 23.5 Å². The lowest BCUT2D eigenvalue weighted by Gasteiger charge is -2.18. The zero-order valence-corrected chi connectivity index (χ0v) is 16.6. The maximum atomic E-state index is 12.4. The first-order chi connectivity index (χ1) is 12.7. The molecular weight excluding hydrogens is 350 g/mol. The predicted molar refractivity (Wildman–Crippen MR) is 102 cm³/mol. The van der Waals surface area contributed by atoms with Crippen LogP contribution in [0.5, 0.6) is 0 Å². The van der Waals surface area contributed by atoms with E-state index in [4.69, 9.17) is 9.47 Å². The number of esters is 1. The van der Waals surface area contributed by atoms with Gasteiger partial charge in [0.25, 0.3) is 0 Å². The van der Waals surface area contributed by atoms with Gasteiger partial charge in [-0.1, -0.05) is 12.1 Å². The Labute approximate surface area is 160 Å². The Balaban J connectivity index is 2.62. The van der Waals surface area contributed by atoms with Crippen molar-refractivity contribution < 1.29 is 23.9 Å². The van der Waals surface area contributed by atoms with Crippen molar-refractivity contribution in [3.05, 3.63) is 28.8 Å². The Bertz CT molecular complexity index is 652. The first-order valence-corrected chi connectivity index (χ1v) is 8.80. The molecule has 0 aliphatic carbocycles. The van der Waals surface area contributed by atoms with Crippen LogP contribution in [0.2, 0.25) is 0 Å². The molecule has 8 heteroatoms. The van der Waals surface area contributed by atoms with Crippen LogP contribution in [0.25, 0.3) is 0 Å². The monoisotopic (exact) mass is 379 g/mol. The van der Waals surface area contributed by atoms with E-state index in [0.29, 0.717) is 18.8 Å². The molecule has 1 rings (SSSR count). The third kappa shape index (κ3) is 8.19. The summed E-state index contributed by atoms with van der Waals surface area (Å²) in [5.74, 6) is -1.02. The number of carbonyl (C=O) groups is 3. The van der Waals surface area contributed by atoms with Crippen molar-refractivity contribution in [3.63, 3.8) is 0 Å². The molecule has 0 aromatic heterocycles. The summed E-state index contributed by atoms with van der Waals surface area (Å²) in [6.07, 6.45) is 0. The maximum absolute atomic E-state index is 12.4. The highest BCUT2D eigenvalue weighted by atomic mass is 16.5. The predicted octanol–water partition coefficient (Wildman–Crippen LogP) is 1.05. The Morgan fingerprint density at radius 2 is 1.78 bits per heavy atom. The van der Waals surface area contributed by atoms with Crippen LogP contribution in [-0.2, 0) is 30.5 Å². The highest BCUT2D eigenvalue weighted by Gasteiger charge is 2.17. The highest BCUT2D eigenvalue weighted by molar-refractivity contribution is 5.98. The van der Waals surface area contributed by atoms with Gasteiger partial charge in [0.15, 0.2) is 0 Å². The molecule has 3 N–H and O–H groups in total. The number of anilines is 1. The van der Waals surface area contributed by atoms with Crippen LogP contribution in [0.4, 0.5) is 5.69 Å². The molecule has 1 atom stereocenters. The van der Waals surface area contributed by atoms with Gasteiger partial charge < -0.3 is 25.4 Å². The topological polar surface area (TPSA) is 106 Å².